The Balaban J connectivity index is 2.09. The van der Waals surface area contributed by atoms with Crippen molar-refractivity contribution >= 4 is 23.3 Å². The van der Waals surface area contributed by atoms with E-state index in [1.165, 1.54) is 19.1 Å². The Bertz CT molecular complexity index is 898. The second-order valence-electron chi connectivity index (χ2n) is 5.84. The highest BCUT2D eigenvalue weighted by molar-refractivity contribution is 5.98. The zero-order chi connectivity index (χ0) is 21.4. The van der Waals surface area contributed by atoms with Crippen molar-refractivity contribution in [3.8, 4) is 11.5 Å². The van der Waals surface area contributed by atoms with Crippen molar-refractivity contribution in [1.29, 1.82) is 0 Å². The maximum absolute atomic E-state index is 12.4. The fraction of sp³-hybridized carbons (Fsp3) is 0.300. The van der Waals surface area contributed by atoms with Crippen molar-refractivity contribution < 1.29 is 28.7 Å². The number of nitrogens with zero attached hydrogens (tertiary/aromatic N) is 1. The number of carbonyl (C=O) groups excluding carboxylic acids is 2. The van der Waals surface area contributed by atoms with Gasteiger partial charge in [0.1, 0.15) is 5.75 Å². The van der Waals surface area contributed by atoms with E-state index in [-0.39, 0.29) is 23.6 Å². The molecule has 0 saturated carbocycles. The van der Waals surface area contributed by atoms with E-state index in [4.69, 9.17) is 14.2 Å². The monoisotopic (exact) mass is 402 g/mol. The number of anilines is 1. The predicted octanol–water partition coefficient (Wildman–Crippen LogP) is 3.58. The number of esters is 1. The number of ether oxygens (including phenoxy) is 3. The maximum atomic E-state index is 12.4. The van der Waals surface area contributed by atoms with Crippen LogP contribution in [0.5, 0.6) is 11.5 Å². The molecular formula is C20H22N2O7. The molecule has 1 atom stereocenters. The first kappa shape index (κ1) is 21.7. The number of nitro groups is 1. The van der Waals surface area contributed by atoms with E-state index in [0.29, 0.717) is 18.0 Å². The van der Waals surface area contributed by atoms with E-state index in [0.717, 1.165) is 6.07 Å². The summed E-state index contributed by atoms with van der Waals surface area (Å²) in [5.41, 5.74) is 0.0255. The number of hydrogen-bond donors (Lipinski definition) is 1. The smallest absolute Gasteiger partial charge is 0.339 e. The molecule has 2 aromatic rings. The number of para-hydroxylation sites is 2. The van der Waals surface area contributed by atoms with Crippen LogP contribution in [-0.2, 0) is 9.53 Å². The number of benzene rings is 2. The molecule has 1 N–H and O–H groups in total. The van der Waals surface area contributed by atoms with Gasteiger partial charge in [-0.1, -0.05) is 12.1 Å². The lowest BCUT2D eigenvalue weighted by Crippen LogP contribution is -2.30. The van der Waals surface area contributed by atoms with E-state index < -0.39 is 22.9 Å². The summed E-state index contributed by atoms with van der Waals surface area (Å²) in [6.07, 6.45) is -1.14. The quantitative estimate of drug-likeness (QED) is 0.387. The Labute approximate surface area is 167 Å². The van der Waals surface area contributed by atoms with Crippen LogP contribution in [0.1, 0.15) is 31.1 Å². The van der Waals surface area contributed by atoms with Gasteiger partial charge in [0, 0.05) is 6.07 Å². The van der Waals surface area contributed by atoms with Crippen LogP contribution >= 0.6 is 0 Å². The Kier molecular flexibility index (Phi) is 7.53. The number of carbonyl (C=O) groups is 2. The van der Waals surface area contributed by atoms with Crippen LogP contribution in [0.25, 0.3) is 0 Å². The summed E-state index contributed by atoms with van der Waals surface area (Å²) >= 11 is 0. The third kappa shape index (κ3) is 5.68. The van der Waals surface area contributed by atoms with Crippen LogP contribution in [0.3, 0.4) is 0 Å². The number of nitro benzene ring substituents is 1. The molecule has 0 aliphatic carbocycles. The summed E-state index contributed by atoms with van der Waals surface area (Å²) in [7, 11) is 0. The summed E-state index contributed by atoms with van der Waals surface area (Å²) in [5.74, 6) is -0.890. The van der Waals surface area contributed by atoms with Crippen LogP contribution in [0.4, 0.5) is 11.4 Å². The molecule has 0 heterocycles. The number of rotatable bonds is 9. The van der Waals surface area contributed by atoms with Crippen molar-refractivity contribution in [3.05, 3.63) is 58.1 Å². The fourth-order valence-corrected chi connectivity index (χ4v) is 2.43. The number of nitrogens with one attached hydrogen (secondary N) is 1. The van der Waals surface area contributed by atoms with Crippen molar-refractivity contribution in [1.82, 2.24) is 0 Å². The second kappa shape index (κ2) is 10.1. The minimum Gasteiger partial charge on any atom is -0.492 e. The van der Waals surface area contributed by atoms with Crippen LogP contribution in [0, 0.1) is 10.1 Å². The molecule has 2 rings (SSSR count). The van der Waals surface area contributed by atoms with Gasteiger partial charge in [0.15, 0.2) is 11.9 Å². The lowest BCUT2D eigenvalue weighted by atomic mass is 10.2. The summed E-state index contributed by atoms with van der Waals surface area (Å²) in [5, 5.41) is 13.8. The molecule has 2 aromatic carbocycles. The maximum Gasteiger partial charge on any atom is 0.339 e. The molecule has 0 aliphatic heterocycles. The van der Waals surface area contributed by atoms with Crippen molar-refractivity contribution in [2.45, 2.75) is 26.9 Å². The van der Waals surface area contributed by atoms with Gasteiger partial charge in [-0.3, -0.25) is 14.9 Å². The van der Waals surface area contributed by atoms with Gasteiger partial charge in [0.25, 0.3) is 5.91 Å². The lowest BCUT2D eigenvalue weighted by Gasteiger charge is -2.15. The summed E-state index contributed by atoms with van der Waals surface area (Å²) in [6.45, 7) is 5.58. The molecule has 29 heavy (non-hydrogen) atoms. The molecule has 9 heteroatoms. The van der Waals surface area contributed by atoms with Gasteiger partial charge in [-0.2, -0.15) is 0 Å². The van der Waals surface area contributed by atoms with Crippen molar-refractivity contribution in [3.63, 3.8) is 0 Å². The average Bonchev–Trinajstić information content (AvgIpc) is 2.69. The van der Waals surface area contributed by atoms with Crippen LogP contribution in [0.15, 0.2) is 42.5 Å². The summed E-state index contributed by atoms with van der Waals surface area (Å²) in [6, 6.07) is 10.6. The molecule has 0 aromatic heterocycles. The van der Waals surface area contributed by atoms with Crippen molar-refractivity contribution in [2.24, 2.45) is 0 Å². The lowest BCUT2D eigenvalue weighted by molar-refractivity contribution is -0.385. The summed E-state index contributed by atoms with van der Waals surface area (Å²) < 4.78 is 15.8. The highest BCUT2D eigenvalue weighted by Crippen LogP contribution is 2.28. The van der Waals surface area contributed by atoms with Crippen LogP contribution < -0.4 is 14.8 Å². The van der Waals surface area contributed by atoms with Crippen LogP contribution in [-0.4, -0.2) is 36.1 Å². The molecular weight excluding hydrogens is 380 g/mol. The van der Waals surface area contributed by atoms with Gasteiger partial charge in [-0.15, -0.1) is 0 Å². The number of hydrogen-bond acceptors (Lipinski definition) is 7. The molecule has 1 amide bonds. The highest BCUT2D eigenvalue weighted by atomic mass is 16.6. The van der Waals surface area contributed by atoms with E-state index in [1.807, 2.05) is 6.92 Å². The first-order valence-electron chi connectivity index (χ1n) is 9.02. The predicted molar refractivity (Wildman–Crippen MR) is 105 cm³/mol. The Morgan fingerprint density at radius 2 is 1.72 bits per heavy atom. The minimum absolute atomic E-state index is 0.0485. The van der Waals surface area contributed by atoms with E-state index in [2.05, 4.69) is 5.32 Å². The first-order chi connectivity index (χ1) is 13.9. The molecule has 0 bridgehead atoms. The van der Waals surface area contributed by atoms with Gasteiger partial charge in [0.2, 0.25) is 0 Å². The molecule has 9 nitrogen and oxygen atoms in total. The van der Waals surface area contributed by atoms with Gasteiger partial charge < -0.3 is 19.5 Å². The standard InChI is InChI=1S/C20H22N2O7/c1-4-27-17-9-7-6-8-15(17)21-19(23)13(3)29-20(24)14-10-11-18(28-5-2)16(12-14)22(25)26/h6-13H,4-5H2,1-3H3,(H,21,23)/t13-/m0/s1. The highest BCUT2D eigenvalue weighted by Gasteiger charge is 2.23. The largest absolute Gasteiger partial charge is 0.492 e. The molecule has 0 spiro atoms. The Morgan fingerprint density at radius 1 is 1.07 bits per heavy atom. The van der Waals surface area contributed by atoms with Gasteiger partial charge in [0.05, 0.1) is 29.4 Å². The van der Waals surface area contributed by atoms with Gasteiger partial charge in [-0.05, 0) is 45.0 Å². The SMILES string of the molecule is CCOc1ccccc1NC(=O)[C@H](C)OC(=O)c1ccc(OCC)c([N+](=O)[O-])c1. The third-order valence-corrected chi connectivity index (χ3v) is 3.79. The molecule has 154 valence electrons. The first-order valence-corrected chi connectivity index (χ1v) is 9.02. The zero-order valence-corrected chi connectivity index (χ0v) is 16.3. The molecule has 0 fully saturated rings. The topological polar surface area (TPSA) is 117 Å². The van der Waals surface area contributed by atoms with E-state index in [1.54, 1.807) is 31.2 Å². The summed E-state index contributed by atoms with van der Waals surface area (Å²) in [4.78, 5) is 35.3. The van der Waals surface area contributed by atoms with E-state index in [9.17, 15) is 19.7 Å². The third-order valence-electron chi connectivity index (χ3n) is 3.79. The van der Waals surface area contributed by atoms with Gasteiger partial charge in [-0.25, -0.2) is 4.79 Å². The van der Waals surface area contributed by atoms with Crippen molar-refractivity contribution in [2.75, 3.05) is 18.5 Å². The average molecular weight is 402 g/mol. The molecule has 0 saturated heterocycles. The Hall–Kier alpha value is -3.62. The molecule has 0 unspecified atom stereocenters. The van der Waals surface area contributed by atoms with Gasteiger partial charge >= 0.3 is 11.7 Å². The minimum atomic E-state index is -1.14. The van der Waals surface area contributed by atoms with E-state index >= 15 is 0 Å². The second-order valence-corrected chi connectivity index (χ2v) is 5.84. The zero-order valence-electron chi connectivity index (χ0n) is 16.3. The Morgan fingerprint density at radius 3 is 2.38 bits per heavy atom. The fourth-order valence-electron chi connectivity index (χ4n) is 2.43. The molecule has 0 aliphatic rings. The van der Waals surface area contributed by atoms with Crippen LogP contribution in [0.2, 0.25) is 0 Å². The molecule has 0 radical (unpaired) electrons. The normalized spacial score (nSPS) is 11.3. The number of amides is 1.